The average Bonchev–Trinajstić information content (AvgIpc) is 2.66. The number of benzene rings is 1. The van der Waals surface area contributed by atoms with E-state index < -0.39 is 0 Å². The van der Waals surface area contributed by atoms with E-state index in [0.29, 0.717) is 17.7 Å². The summed E-state index contributed by atoms with van der Waals surface area (Å²) in [6.45, 7) is 2.31. The maximum atomic E-state index is 13.2. The molecule has 1 amide bonds. The normalized spacial score (nSPS) is 20.2. The molecule has 1 aromatic carbocycles. The molecule has 1 saturated heterocycles. The van der Waals surface area contributed by atoms with Crippen LogP contribution >= 0.6 is 0 Å². The number of hydrogen-bond donors (Lipinski definition) is 1. The lowest BCUT2D eigenvalue weighted by atomic mass is 10.1. The molecular formula is C15H20FNO2. The van der Waals surface area contributed by atoms with Gasteiger partial charge in [0.2, 0.25) is 0 Å². The summed E-state index contributed by atoms with van der Waals surface area (Å²) in [5.74, 6) is -0.407. The molecular weight excluding hydrogens is 245 g/mol. The Morgan fingerprint density at radius 1 is 1.42 bits per heavy atom. The lowest BCUT2D eigenvalue weighted by Gasteiger charge is -2.28. The fourth-order valence-corrected chi connectivity index (χ4v) is 2.58. The molecule has 19 heavy (non-hydrogen) atoms. The van der Waals surface area contributed by atoms with Crippen LogP contribution in [0, 0.1) is 12.7 Å². The number of hydrogen-bond acceptors (Lipinski definition) is 2. The molecule has 104 valence electrons. The Balaban J connectivity index is 2.22. The minimum absolute atomic E-state index is 0.00802. The highest BCUT2D eigenvalue weighted by molar-refractivity contribution is 5.94. The third kappa shape index (κ3) is 3.13. The van der Waals surface area contributed by atoms with Gasteiger partial charge in [0.1, 0.15) is 5.82 Å². The largest absolute Gasteiger partial charge is 0.394 e. The second kappa shape index (κ2) is 6.15. The summed E-state index contributed by atoms with van der Waals surface area (Å²) >= 11 is 0. The smallest absolute Gasteiger partial charge is 0.254 e. The number of nitrogens with zero attached hydrogens (tertiary/aromatic N) is 1. The highest BCUT2D eigenvalue weighted by atomic mass is 19.1. The van der Waals surface area contributed by atoms with Crippen molar-refractivity contribution in [3.05, 3.63) is 35.1 Å². The van der Waals surface area contributed by atoms with Crippen LogP contribution in [0.5, 0.6) is 0 Å². The summed E-state index contributed by atoms with van der Waals surface area (Å²) in [6.07, 6.45) is 3.92. The number of amides is 1. The molecule has 0 aromatic heterocycles. The fourth-order valence-electron chi connectivity index (χ4n) is 2.58. The van der Waals surface area contributed by atoms with E-state index in [4.69, 9.17) is 0 Å². The molecule has 1 atom stereocenters. The van der Waals surface area contributed by atoms with Crippen molar-refractivity contribution in [3.63, 3.8) is 0 Å². The standard InChI is InChI=1S/C15H20FNO2/c1-11-9-12(6-7-14(11)16)15(19)17-8-4-2-3-5-13(17)10-18/h6-7,9,13,18H,2-5,8,10H2,1H3. The molecule has 0 bridgehead atoms. The molecule has 1 fully saturated rings. The Bertz CT molecular complexity index is 461. The second-order valence-electron chi connectivity index (χ2n) is 5.15. The lowest BCUT2D eigenvalue weighted by molar-refractivity contribution is 0.0599. The van der Waals surface area contributed by atoms with Crippen molar-refractivity contribution >= 4 is 5.91 Å². The van der Waals surface area contributed by atoms with Gasteiger partial charge in [-0.2, -0.15) is 0 Å². The number of halogens is 1. The fraction of sp³-hybridized carbons (Fsp3) is 0.533. The van der Waals surface area contributed by atoms with Gasteiger partial charge in [-0.15, -0.1) is 0 Å². The van der Waals surface area contributed by atoms with Crippen LogP contribution in [0.15, 0.2) is 18.2 Å². The van der Waals surface area contributed by atoms with Crippen molar-refractivity contribution in [1.82, 2.24) is 4.90 Å². The predicted octanol–water partition coefficient (Wildman–Crippen LogP) is 2.51. The van der Waals surface area contributed by atoms with Crippen LogP contribution in [-0.4, -0.2) is 35.1 Å². The van der Waals surface area contributed by atoms with Crippen molar-refractivity contribution in [2.75, 3.05) is 13.2 Å². The number of carbonyl (C=O) groups is 1. The van der Waals surface area contributed by atoms with Gasteiger partial charge in [-0.3, -0.25) is 4.79 Å². The predicted molar refractivity (Wildman–Crippen MR) is 71.5 cm³/mol. The van der Waals surface area contributed by atoms with Crippen LogP contribution in [0.2, 0.25) is 0 Å². The number of rotatable bonds is 2. The zero-order valence-corrected chi connectivity index (χ0v) is 11.2. The van der Waals surface area contributed by atoms with E-state index in [9.17, 15) is 14.3 Å². The van der Waals surface area contributed by atoms with Crippen molar-refractivity contribution in [2.45, 2.75) is 38.6 Å². The molecule has 1 aliphatic rings. The van der Waals surface area contributed by atoms with E-state index in [0.717, 1.165) is 25.7 Å². The Morgan fingerprint density at radius 3 is 2.89 bits per heavy atom. The molecule has 3 nitrogen and oxygen atoms in total. The Kier molecular flexibility index (Phi) is 4.53. The molecule has 1 unspecified atom stereocenters. The van der Waals surface area contributed by atoms with E-state index in [-0.39, 0.29) is 24.4 Å². The van der Waals surface area contributed by atoms with Gasteiger partial charge in [-0.05, 0) is 43.5 Å². The summed E-state index contributed by atoms with van der Waals surface area (Å²) in [5, 5.41) is 9.43. The summed E-state index contributed by atoms with van der Waals surface area (Å²) < 4.78 is 13.2. The monoisotopic (exact) mass is 265 g/mol. The van der Waals surface area contributed by atoms with Crippen LogP contribution in [0.4, 0.5) is 4.39 Å². The van der Waals surface area contributed by atoms with Crippen LogP contribution in [0.3, 0.4) is 0 Å². The van der Waals surface area contributed by atoms with Crippen molar-refractivity contribution < 1.29 is 14.3 Å². The van der Waals surface area contributed by atoms with Gasteiger partial charge in [-0.1, -0.05) is 12.8 Å². The average molecular weight is 265 g/mol. The zero-order valence-electron chi connectivity index (χ0n) is 11.2. The third-order valence-electron chi connectivity index (χ3n) is 3.75. The van der Waals surface area contributed by atoms with Crippen LogP contribution in [0.1, 0.15) is 41.6 Å². The SMILES string of the molecule is Cc1cc(C(=O)N2CCCCCC2CO)ccc1F. The molecule has 1 aliphatic heterocycles. The van der Waals surface area contributed by atoms with E-state index in [1.807, 2.05) is 0 Å². The van der Waals surface area contributed by atoms with Crippen molar-refractivity contribution in [2.24, 2.45) is 0 Å². The second-order valence-corrected chi connectivity index (χ2v) is 5.15. The zero-order chi connectivity index (χ0) is 13.8. The van der Waals surface area contributed by atoms with Gasteiger partial charge < -0.3 is 10.0 Å². The number of aliphatic hydroxyl groups is 1. The number of aliphatic hydroxyl groups excluding tert-OH is 1. The summed E-state index contributed by atoms with van der Waals surface area (Å²) in [4.78, 5) is 14.2. The van der Waals surface area contributed by atoms with Crippen LogP contribution in [0.25, 0.3) is 0 Å². The first-order valence-corrected chi connectivity index (χ1v) is 6.81. The van der Waals surface area contributed by atoms with E-state index >= 15 is 0 Å². The number of aryl methyl sites for hydroxylation is 1. The maximum absolute atomic E-state index is 13.2. The van der Waals surface area contributed by atoms with Gasteiger partial charge in [0.15, 0.2) is 0 Å². The van der Waals surface area contributed by atoms with Crippen LogP contribution < -0.4 is 0 Å². The quantitative estimate of drug-likeness (QED) is 0.892. The topological polar surface area (TPSA) is 40.5 Å². The lowest BCUT2D eigenvalue weighted by Crippen LogP contribution is -2.42. The van der Waals surface area contributed by atoms with Gasteiger partial charge in [0.05, 0.1) is 12.6 Å². The molecule has 0 radical (unpaired) electrons. The van der Waals surface area contributed by atoms with Crippen LogP contribution in [-0.2, 0) is 0 Å². The molecule has 0 spiro atoms. The van der Waals surface area contributed by atoms with Gasteiger partial charge in [0.25, 0.3) is 5.91 Å². The van der Waals surface area contributed by atoms with Gasteiger partial charge in [0, 0.05) is 12.1 Å². The van der Waals surface area contributed by atoms with Gasteiger partial charge in [-0.25, -0.2) is 4.39 Å². The minimum atomic E-state index is -0.300. The molecule has 0 aliphatic carbocycles. The summed E-state index contributed by atoms with van der Waals surface area (Å²) in [7, 11) is 0. The first-order chi connectivity index (χ1) is 9.13. The summed E-state index contributed by atoms with van der Waals surface area (Å²) in [6, 6.07) is 4.32. The molecule has 4 heteroatoms. The molecule has 1 aromatic rings. The molecule has 0 saturated carbocycles. The van der Waals surface area contributed by atoms with Gasteiger partial charge >= 0.3 is 0 Å². The highest BCUT2D eigenvalue weighted by Crippen LogP contribution is 2.20. The van der Waals surface area contributed by atoms with E-state index in [1.54, 1.807) is 17.9 Å². The van der Waals surface area contributed by atoms with Crippen molar-refractivity contribution in [3.8, 4) is 0 Å². The number of carbonyl (C=O) groups excluding carboxylic acids is 1. The summed E-state index contributed by atoms with van der Waals surface area (Å²) in [5.41, 5.74) is 0.973. The first kappa shape index (κ1) is 14.0. The Labute approximate surface area is 113 Å². The first-order valence-electron chi connectivity index (χ1n) is 6.81. The molecule has 1 N–H and O–H groups in total. The highest BCUT2D eigenvalue weighted by Gasteiger charge is 2.25. The Hall–Kier alpha value is -1.42. The third-order valence-corrected chi connectivity index (χ3v) is 3.75. The minimum Gasteiger partial charge on any atom is -0.394 e. The maximum Gasteiger partial charge on any atom is 0.254 e. The van der Waals surface area contributed by atoms with E-state index in [2.05, 4.69) is 0 Å². The molecule has 2 rings (SSSR count). The van der Waals surface area contributed by atoms with E-state index in [1.165, 1.54) is 12.1 Å². The Morgan fingerprint density at radius 2 is 2.21 bits per heavy atom. The molecule has 1 heterocycles. The van der Waals surface area contributed by atoms with Crippen molar-refractivity contribution in [1.29, 1.82) is 0 Å². The number of likely N-dealkylation sites (tertiary alicyclic amines) is 1.